The number of benzene rings is 2. The van der Waals surface area contributed by atoms with Crippen LogP contribution in [0.4, 0.5) is 5.95 Å². The van der Waals surface area contributed by atoms with Crippen molar-refractivity contribution in [1.82, 2.24) is 29.9 Å². The van der Waals surface area contributed by atoms with Gasteiger partial charge in [0.25, 0.3) is 0 Å². The van der Waals surface area contributed by atoms with Gasteiger partial charge in [0.05, 0.1) is 22.1 Å². The van der Waals surface area contributed by atoms with Crippen molar-refractivity contribution < 1.29 is 4.11 Å². The summed E-state index contributed by atoms with van der Waals surface area (Å²) in [4.78, 5) is 11.3. The van der Waals surface area contributed by atoms with Gasteiger partial charge in [-0.25, -0.2) is 4.98 Å². The lowest BCUT2D eigenvalue weighted by Gasteiger charge is -2.39. The van der Waals surface area contributed by atoms with Crippen LogP contribution in [0, 0.1) is 11.3 Å². The fourth-order valence-electron chi connectivity index (χ4n) is 4.75. The number of H-pyrrole nitrogens is 1. The van der Waals surface area contributed by atoms with Gasteiger partial charge in [-0.1, -0.05) is 41.9 Å². The van der Waals surface area contributed by atoms with Crippen molar-refractivity contribution >= 4 is 39.5 Å². The molecular formula is C25H22ClN9. The zero-order chi connectivity index (χ0) is 26.7. The lowest BCUT2D eigenvalue weighted by molar-refractivity contribution is 0.340. The molecule has 3 aromatic heterocycles. The molecule has 1 aliphatic heterocycles. The van der Waals surface area contributed by atoms with E-state index in [1.807, 2.05) is 23.1 Å². The van der Waals surface area contributed by atoms with Crippen LogP contribution in [-0.4, -0.2) is 43.0 Å². The molecule has 1 saturated heterocycles. The molecule has 10 heteroatoms. The van der Waals surface area contributed by atoms with Gasteiger partial charge < -0.3 is 10.6 Å². The topological polar surface area (TPSA) is 125 Å². The molecule has 35 heavy (non-hydrogen) atoms. The number of halogens is 1. The summed E-state index contributed by atoms with van der Waals surface area (Å²) in [6, 6.07) is 15.5. The van der Waals surface area contributed by atoms with Crippen molar-refractivity contribution in [1.29, 1.82) is 5.26 Å². The number of piperidine rings is 1. The molecule has 0 unspecified atom stereocenters. The predicted octanol–water partition coefficient (Wildman–Crippen LogP) is 3.89. The number of nitrogens with one attached hydrogen (secondary N) is 1. The number of hydrogen-bond donors (Lipinski definition) is 2. The van der Waals surface area contributed by atoms with Crippen LogP contribution in [0.15, 0.2) is 48.7 Å². The molecule has 0 aliphatic carbocycles. The van der Waals surface area contributed by atoms with Crippen molar-refractivity contribution in [2.75, 3.05) is 18.0 Å². The first kappa shape index (κ1) is 18.3. The van der Waals surface area contributed by atoms with Gasteiger partial charge >= 0.3 is 0 Å². The molecular weight excluding hydrogens is 462 g/mol. The number of anilines is 1. The summed E-state index contributed by atoms with van der Waals surface area (Å²) < 4.78 is 24.0. The third kappa shape index (κ3) is 3.41. The van der Waals surface area contributed by atoms with Crippen LogP contribution in [0.1, 0.15) is 28.2 Å². The first-order chi connectivity index (χ1) is 18.2. The molecule has 9 nitrogen and oxygen atoms in total. The maximum atomic E-state index is 9.98. The number of aromatic nitrogens is 6. The lowest BCUT2D eigenvalue weighted by atomic mass is 9.82. The smallest absolute Gasteiger partial charge is 0.228 e. The maximum Gasteiger partial charge on any atom is 0.228 e. The molecule has 1 aliphatic rings. The summed E-state index contributed by atoms with van der Waals surface area (Å²) in [6.07, 6.45) is 2.84. The van der Waals surface area contributed by atoms with E-state index in [4.69, 9.17) is 21.4 Å². The number of fused-ring (bicyclic) bond motifs is 2. The Labute approximate surface area is 210 Å². The quantitative estimate of drug-likeness (QED) is 0.396. The zero-order valence-corrected chi connectivity index (χ0v) is 19.3. The van der Waals surface area contributed by atoms with Gasteiger partial charge in [-0.2, -0.15) is 20.4 Å². The van der Waals surface area contributed by atoms with Crippen molar-refractivity contribution in [3.63, 3.8) is 0 Å². The molecule has 0 spiro atoms. The molecule has 3 N–H and O–H groups in total. The Hall–Kier alpha value is -4.00. The minimum Gasteiger partial charge on any atom is -0.341 e. The molecule has 6 rings (SSSR count). The maximum absolute atomic E-state index is 9.98. The Morgan fingerprint density at radius 2 is 1.97 bits per heavy atom. The fourth-order valence-corrected chi connectivity index (χ4v) is 5.05. The Bertz CT molecular complexity index is 1710. The predicted molar refractivity (Wildman–Crippen MR) is 135 cm³/mol. The highest BCUT2D eigenvalue weighted by atomic mass is 35.5. The van der Waals surface area contributed by atoms with Gasteiger partial charge in [-0.3, -0.25) is 9.78 Å². The highest BCUT2D eigenvalue weighted by Crippen LogP contribution is 2.38. The van der Waals surface area contributed by atoms with Crippen LogP contribution in [0.5, 0.6) is 0 Å². The fraction of sp³-hybridized carbons (Fsp3) is 0.240. The Kier molecular flexibility index (Phi) is 4.22. The van der Waals surface area contributed by atoms with Gasteiger partial charge in [0, 0.05) is 40.7 Å². The van der Waals surface area contributed by atoms with Gasteiger partial charge in [0.2, 0.25) is 5.95 Å². The third-order valence-electron chi connectivity index (χ3n) is 6.74. The molecule has 0 atom stereocenters. The molecule has 0 radical (unpaired) electrons. The first-order valence-electron chi connectivity index (χ1n) is 12.6. The van der Waals surface area contributed by atoms with Crippen LogP contribution < -0.4 is 10.6 Å². The monoisotopic (exact) mass is 486 g/mol. The Balaban J connectivity index is 1.36. The lowest BCUT2D eigenvalue weighted by Crippen LogP contribution is -2.48. The molecule has 0 bridgehead atoms. The minimum absolute atomic E-state index is 0.163. The Morgan fingerprint density at radius 3 is 2.71 bits per heavy atom. The third-order valence-corrected chi connectivity index (χ3v) is 7.15. The summed E-state index contributed by atoms with van der Waals surface area (Å²) in [7, 11) is 0. The van der Waals surface area contributed by atoms with Crippen LogP contribution in [-0.2, 0) is 12.5 Å². The van der Waals surface area contributed by atoms with Crippen LogP contribution in [0.2, 0.25) is 5.02 Å². The van der Waals surface area contributed by atoms with Gasteiger partial charge in [-0.15, -0.1) is 0 Å². The van der Waals surface area contributed by atoms with E-state index in [2.05, 4.69) is 43.5 Å². The summed E-state index contributed by atoms with van der Waals surface area (Å²) in [5, 5.41) is 22.5. The zero-order valence-electron chi connectivity index (χ0n) is 21.5. The largest absolute Gasteiger partial charge is 0.341 e. The summed E-state index contributed by atoms with van der Waals surface area (Å²) >= 11 is 6.69. The second-order valence-corrected chi connectivity index (χ2v) is 9.08. The number of nitriles is 1. The molecule has 5 aromatic rings. The van der Waals surface area contributed by atoms with Crippen LogP contribution >= 0.6 is 11.6 Å². The van der Waals surface area contributed by atoms with E-state index in [9.17, 15) is 5.26 Å². The first-order valence-corrected chi connectivity index (χ1v) is 11.5. The molecule has 0 amide bonds. The van der Waals surface area contributed by atoms with Crippen LogP contribution in [0.25, 0.3) is 33.2 Å². The number of hydrogen-bond acceptors (Lipinski definition) is 7. The summed E-state index contributed by atoms with van der Waals surface area (Å²) in [5.41, 5.74) is 9.26. The SMILES string of the molecule is [2H]C([2H])([2H])n1ncc2c(Cl)c(-c3n[nH]c4nc(N5CCC(N)(c6ccccc6)CC5)nc(C#N)c34)ccc21. The second-order valence-electron chi connectivity index (χ2n) is 8.71. The van der Waals surface area contributed by atoms with E-state index in [0.717, 1.165) is 10.2 Å². The van der Waals surface area contributed by atoms with Crippen LogP contribution in [0.3, 0.4) is 0 Å². The Morgan fingerprint density at radius 1 is 1.17 bits per heavy atom. The van der Waals surface area contributed by atoms with E-state index < -0.39 is 12.5 Å². The molecule has 174 valence electrons. The van der Waals surface area contributed by atoms with Gasteiger partial charge in [0.1, 0.15) is 11.8 Å². The number of nitrogens with zero attached hydrogens (tertiary/aromatic N) is 7. The van der Waals surface area contributed by atoms with E-state index in [-0.39, 0.29) is 10.7 Å². The highest BCUT2D eigenvalue weighted by Gasteiger charge is 2.33. The van der Waals surface area contributed by atoms with E-state index >= 15 is 0 Å². The standard InChI is InChI=1S/C25H22ClN9/c1-34-19-8-7-16(21(26)17(19)14-29-34)22-20-18(13-27)30-24(31-23(20)33-32-22)35-11-9-25(28,10-12-35)15-5-3-2-4-6-15/h2-8,14H,9-12,28H2,1H3,(H,30,31,32,33)/i1D3. The number of aryl methyl sites for hydroxylation is 1. The number of nitrogens with two attached hydrogens (primary N) is 1. The number of aromatic amines is 1. The van der Waals surface area contributed by atoms with Crippen molar-refractivity contribution in [2.24, 2.45) is 12.7 Å². The van der Waals surface area contributed by atoms with Crippen molar-refractivity contribution in [3.05, 3.63) is 64.9 Å². The normalized spacial score (nSPS) is 17.2. The van der Waals surface area contributed by atoms with E-state index in [1.165, 1.54) is 6.20 Å². The van der Waals surface area contributed by atoms with Gasteiger partial charge in [-0.05, 0) is 30.5 Å². The van der Waals surface area contributed by atoms with Crippen molar-refractivity contribution in [3.8, 4) is 17.3 Å². The molecule has 4 heterocycles. The second kappa shape index (κ2) is 8.05. The average Bonchev–Trinajstić information content (AvgIpc) is 3.55. The molecule has 0 saturated carbocycles. The van der Waals surface area contributed by atoms with E-state index in [0.29, 0.717) is 65.1 Å². The number of rotatable bonds is 3. The highest BCUT2D eigenvalue weighted by molar-refractivity contribution is 6.38. The molecule has 2 aromatic carbocycles. The molecule has 1 fully saturated rings. The minimum atomic E-state index is -2.44. The van der Waals surface area contributed by atoms with E-state index in [1.54, 1.807) is 12.1 Å². The van der Waals surface area contributed by atoms with Gasteiger partial charge in [0.15, 0.2) is 11.3 Å². The summed E-state index contributed by atoms with van der Waals surface area (Å²) in [6.45, 7) is -1.17. The average molecular weight is 487 g/mol. The van der Waals surface area contributed by atoms with Crippen molar-refractivity contribution in [2.45, 2.75) is 18.4 Å². The summed E-state index contributed by atoms with van der Waals surface area (Å²) in [5.74, 6) is 0.430.